The highest BCUT2D eigenvalue weighted by molar-refractivity contribution is 5.78. The molecule has 0 aromatic rings. The molecule has 0 amide bonds. The molecule has 0 aromatic carbocycles. The Morgan fingerprint density at radius 2 is 2.21 bits per heavy atom. The minimum absolute atomic E-state index is 0.236. The quantitative estimate of drug-likeness (QED) is 0.693. The molecule has 0 saturated carbocycles. The zero-order valence-electron chi connectivity index (χ0n) is 7.75. The first-order valence-corrected chi connectivity index (χ1v) is 4.86. The van der Waals surface area contributed by atoms with Gasteiger partial charge in [0.05, 0.1) is 0 Å². The van der Waals surface area contributed by atoms with E-state index in [1.54, 1.807) is 0 Å². The highest BCUT2D eigenvalue weighted by Crippen LogP contribution is 2.38. The summed E-state index contributed by atoms with van der Waals surface area (Å²) < 4.78 is 27.4. The van der Waals surface area contributed by atoms with Crippen LogP contribution in [-0.2, 0) is 4.79 Å². The number of hydrogen-bond donors (Lipinski definition) is 1. The lowest BCUT2D eigenvalue weighted by atomic mass is 9.86. The molecule has 0 spiro atoms. The Bertz CT molecular complexity index is 261. The van der Waals surface area contributed by atoms with E-state index in [4.69, 9.17) is 5.11 Å². The third-order valence-corrected chi connectivity index (χ3v) is 3.31. The fourth-order valence-electron chi connectivity index (χ4n) is 2.43. The molecule has 14 heavy (non-hydrogen) atoms. The van der Waals surface area contributed by atoms with E-state index in [9.17, 15) is 13.6 Å². The highest BCUT2D eigenvalue weighted by atomic mass is 19.2. The summed E-state index contributed by atoms with van der Waals surface area (Å²) >= 11 is 0. The predicted molar refractivity (Wildman–Crippen MR) is 45.6 cm³/mol. The van der Waals surface area contributed by atoms with Crippen molar-refractivity contribution in [2.24, 2.45) is 0 Å². The predicted octanol–water partition coefficient (Wildman–Crippen LogP) is 0.985. The Balaban J connectivity index is 2.20. The summed E-state index contributed by atoms with van der Waals surface area (Å²) in [6, 6.07) is -0.523. The number of carboxylic acids is 1. The minimum atomic E-state index is -2.66. The second-order valence-electron chi connectivity index (χ2n) is 4.06. The van der Waals surface area contributed by atoms with Crippen LogP contribution in [0.3, 0.4) is 0 Å². The van der Waals surface area contributed by atoms with E-state index in [2.05, 4.69) is 0 Å². The van der Waals surface area contributed by atoms with E-state index in [1.807, 2.05) is 4.90 Å². The van der Waals surface area contributed by atoms with Crippen molar-refractivity contribution in [1.29, 1.82) is 0 Å². The molecule has 3 nitrogen and oxygen atoms in total. The smallest absolute Gasteiger partial charge is 0.344 e. The van der Waals surface area contributed by atoms with Gasteiger partial charge in [-0.2, -0.15) is 0 Å². The van der Waals surface area contributed by atoms with Gasteiger partial charge in [-0.25, -0.2) is 13.6 Å². The maximum Gasteiger partial charge on any atom is 0.344 e. The second-order valence-corrected chi connectivity index (χ2v) is 4.06. The van der Waals surface area contributed by atoms with Crippen molar-refractivity contribution < 1.29 is 18.7 Å². The van der Waals surface area contributed by atoms with E-state index < -0.39 is 23.9 Å². The number of halogens is 2. The van der Waals surface area contributed by atoms with Gasteiger partial charge < -0.3 is 5.11 Å². The summed E-state index contributed by atoms with van der Waals surface area (Å²) in [5, 5.41) is 8.65. The fraction of sp³-hybridized carbons (Fsp3) is 0.889. The Morgan fingerprint density at radius 1 is 1.50 bits per heavy atom. The van der Waals surface area contributed by atoms with Crippen LogP contribution in [0.2, 0.25) is 0 Å². The molecule has 2 aliphatic rings. The lowest BCUT2D eigenvalue weighted by Crippen LogP contribution is -2.58. The van der Waals surface area contributed by atoms with Crippen LogP contribution in [-0.4, -0.2) is 46.9 Å². The molecule has 2 heterocycles. The van der Waals surface area contributed by atoms with E-state index in [0.29, 0.717) is 13.0 Å². The largest absolute Gasteiger partial charge is 0.479 e. The third-order valence-electron chi connectivity index (χ3n) is 3.31. The summed E-state index contributed by atoms with van der Waals surface area (Å²) in [5.74, 6) is -1.66. The van der Waals surface area contributed by atoms with Crippen LogP contribution in [0.25, 0.3) is 0 Å². The van der Waals surface area contributed by atoms with Crippen LogP contribution in [0.5, 0.6) is 0 Å². The molecule has 0 aromatic heterocycles. The lowest BCUT2D eigenvalue weighted by Gasteiger charge is -2.39. The Morgan fingerprint density at radius 3 is 2.86 bits per heavy atom. The van der Waals surface area contributed by atoms with Gasteiger partial charge in [-0.15, -0.1) is 0 Å². The van der Waals surface area contributed by atoms with Crippen LogP contribution in [0, 0.1) is 0 Å². The van der Waals surface area contributed by atoms with Crippen molar-refractivity contribution in [3.05, 3.63) is 0 Å². The number of piperidine rings is 1. The average molecular weight is 205 g/mol. The van der Waals surface area contributed by atoms with Crippen molar-refractivity contribution in [3.63, 3.8) is 0 Å². The molecule has 0 aliphatic carbocycles. The van der Waals surface area contributed by atoms with E-state index in [-0.39, 0.29) is 6.42 Å². The van der Waals surface area contributed by atoms with Crippen LogP contribution in [0.15, 0.2) is 0 Å². The molecule has 3 unspecified atom stereocenters. The number of aliphatic carboxylic acids is 1. The molecule has 3 atom stereocenters. The summed E-state index contributed by atoms with van der Waals surface area (Å²) in [6.45, 7) is 1.12. The number of alkyl halides is 2. The van der Waals surface area contributed by atoms with Crippen molar-refractivity contribution >= 4 is 5.97 Å². The Labute approximate surface area is 80.7 Å². The van der Waals surface area contributed by atoms with Crippen molar-refractivity contribution in [1.82, 2.24) is 4.90 Å². The molecule has 0 radical (unpaired) electrons. The van der Waals surface area contributed by atoms with Gasteiger partial charge in [0, 0.05) is 19.0 Å². The molecule has 2 saturated heterocycles. The molecule has 80 valence electrons. The monoisotopic (exact) mass is 205 g/mol. The molecule has 2 aliphatic heterocycles. The van der Waals surface area contributed by atoms with Gasteiger partial charge >= 0.3 is 5.97 Å². The van der Waals surface area contributed by atoms with Crippen LogP contribution in [0.4, 0.5) is 8.78 Å². The Kier molecular flexibility index (Phi) is 2.21. The maximum absolute atomic E-state index is 13.7. The second kappa shape index (κ2) is 3.15. The SMILES string of the molecule is O=C(O)C1(F)CCN2CCCC2C1F. The first kappa shape index (κ1) is 9.83. The minimum Gasteiger partial charge on any atom is -0.479 e. The molecule has 1 N–H and O–H groups in total. The Hall–Kier alpha value is -0.710. The number of fused-ring (bicyclic) bond motifs is 1. The molecule has 0 bridgehead atoms. The van der Waals surface area contributed by atoms with Gasteiger partial charge in [-0.3, -0.25) is 4.90 Å². The number of carbonyl (C=O) groups is 1. The number of carboxylic acid groups (broad SMARTS) is 1. The van der Waals surface area contributed by atoms with Gasteiger partial charge in [-0.1, -0.05) is 0 Å². The fourth-order valence-corrected chi connectivity index (χ4v) is 2.43. The van der Waals surface area contributed by atoms with Gasteiger partial charge in [0.1, 0.15) is 0 Å². The van der Waals surface area contributed by atoms with Crippen molar-refractivity contribution in [3.8, 4) is 0 Å². The topological polar surface area (TPSA) is 40.5 Å². The maximum atomic E-state index is 13.7. The van der Waals surface area contributed by atoms with Crippen molar-refractivity contribution in [2.45, 2.75) is 37.1 Å². The third kappa shape index (κ3) is 1.22. The van der Waals surface area contributed by atoms with Crippen LogP contribution >= 0.6 is 0 Å². The normalized spacial score (nSPS) is 43.6. The molecule has 5 heteroatoms. The summed E-state index contributed by atoms with van der Waals surface area (Å²) in [4.78, 5) is 12.5. The number of hydrogen-bond acceptors (Lipinski definition) is 2. The standard InChI is InChI=1S/C9H13F2NO2/c10-7-6-2-1-4-12(6)5-3-9(7,11)8(13)14/h6-7H,1-5H2,(H,13,14). The molecular formula is C9H13F2NO2. The van der Waals surface area contributed by atoms with E-state index in [1.165, 1.54) is 0 Å². The number of rotatable bonds is 1. The molecule has 2 rings (SSSR count). The van der Waals surface area contributed by atoms with Crippen LogP contribution in [0.1, 0.15) is 19.3 Å². The molecular weight excluding hydrogens is 192 g/mol. The first-order valence-electron chi connectivity index (χ1n) is 4.86. The summed E-state index contributed by atoms with van der Waals surface area (Å²) in [6.07, 6.45) is -0.711. The van der Waals surface area contributed by atoms with Crippen LogP contribution < -0.4 is 0 Å². The van der Waals surface area contributed by atoms with Gasteiger partial charge in [-0.05, 0) is 19.4 Å². The average Bonchev–Trinajstić information content (AvgIpc) is 2.59. The van der Waals surface area contributed by atoms with Gasteiger partial charge in [0.25, 0.3) is 0 Å². The van der Waals surface area contributed by atoms with E-state index in [0.717, 1.165) is 13.0 Å². The first-order chi connectivity index (χ1) is 6.55. The molecule has 2 fully saturated rings. The lowest BCUT2D eigenvalue weighted by molar-refractivity contribution is -0.163. The van der Waals surface area contributed by atoms with E-state index >= 15 is 0 Å². The van der Waals surface area contributed by atoms with Crippen molar-refractivity contribution in [2.75, 3.05) is 13.1 Å². The summed E-state index contributed by atoms with van der Waals surface area (Å²) in [7, 11) is 0. The summed E-state index contributed by atoms with van der Waals surface area (Å²) in [5.41, 5.74) is -2.66. The van der Waals surface area contributed by atoms with Gasteiger partial charge in [0.2, 0.25) is 5.67 Å². The van der Waals surface area contributed by atoms with Gasteiger partial charge in [0.15, 0.2) is 6.17 Å². The number of nitrogens with zero attached hydrogens (tertiary/aromatic N) is 1. The zero-order chi connectivity index (χ0) is 10.3. The highest BCUT2D eigenvalue weighted by Gasteiger charge is 2.56. The zero-order valence-corrected chi connectivity index (χ0v) is 7.75.